The second kappa shape index (κ2) is 3.90. The lowest BCUT2D eigenvalue weighted by Crippen LogP contribution is -2.08. The van der Waals surface area contributed by atoms with Crippen LogP contribution in [0, 0.1) is 0 Å². The maximum Gasteiger partial charge on any atom is 0.345 e. The third-order valence-electron chi connectivity index (χ3n) is 2.36. The molecule has 82 valence electrons. The van der Waals surface area contributed by atoms with Crippen molar-refractivity contribution in [2.24, 2.45) is 0 Å². The average Bonchev–Trinajstić information content (AvgIpc) is 2.85. The highest BCUT2D eigenvalue weighted by Gasteiger charge is 2.30. The number of anilines is 1. The van der Waals surface area contributed by atoms with Crippen LogP contribution in [-0.4, -0.2) is 24.8 Å². The molecule has 1 aliphatic rings. The van der Waals surface area contributed by atoms with Crippen LogP contribution in [0.2, 0.25) is 0 Å². The van der Waals surface area contributed by atoms with Gasteiger partial charge in [-0.1, -0.05) is 5.16 Å². The number of ether oxygens (including phenoxy) is 2. The van der Waals surface area contributed by atoms with Crippen molar-refractivity contribution in [3.05, 3.63) is 11.3 Å². The van der Waals surface area contributed by atoms with Crippen LogP contribution in [0.5, 0.6) is 0 Å². The molecule has 0 amide bonds. The Morgan fingerprint density at radius 2 is 2.47 bits per heavy atom. The molecule has 0 radical (unpaired) electrons. The van der Waals surface area contributed by atoms with E-state index >= 15 is 0 Å². The molecule has 15 heavy (non-hydrogen) atoms. The monoisotopic (exact) mass is 212 g/mol. The molecule has 6 nitrogen and oxygen atoms in total. The summed E-state index contributed by atoms with van der Waals surface area (Å²) in [5.74, 6) is -0.122. The molecule has 1 aliphatic heterocycles. The van der Waals surface area contributed by atoms with Crippen molar-refractivity contribution in [3.63, 3.8) is 0 Å². The first kappa shape index (κ1) is 9.97. The van der Waals surface area contributed by atoms with E-state index in [4.69, 9.17) is 15.0 Å². The molecule has 1 saturated heterocycles. The summed E-state index contributed by atoms with van der Waals surface area (Å²) < 4.78 is 15.0. The van der Waals surface area contributed by atoms with Gasteiger partial charge in [0.05, 0.1) is 7.11 Å². The van der Waals surface area contributed by atoms with Gasteiger partial charge in [0.15, 0.2) is 11.6 Å². The predicted octanol–water partition coefficient (Wildman–Crippen LogP) is 0.895. The van der Waals surface area contributed by atoms with Gasteiger partial charge in [0, 0.05) is 6.61 Å². The van der Waals surface area contributed by atoms with Gasteiger partial charge in [0.25, 0.3) is 0 Å². The van der Waals surface area contributed by atoms with E-state index in [-0.39, 0.29) is 17.5 Å². The molecule has 0 aliphatic carbocycles. The molecule has 0 bridgehead atoms. The number of carbonyl (C=O) groups excluding carboxylic acids is 1. The summed E-state index contributed by atoms with van der Waals surface area (Å²) in [5, 5.41) is 3.55. The molecule has 1 aromatic heterocycles. The molecule has 6 heteroatoms. The van der Waals surface area contributed by atoms with Gasteiger partial charge in [-0.2, -0.15) is 0 Å². The number of hydrogen-bond donors (Lipinski definition) is 1. The van der Waals surface area contributed by atoms with E-state index in [9.17, 15) is 4.79 Å². The zero-order chi connectivity index (χ0) is 10.8. The standard InChI is InChI=1S/C9H12N2O4/c1-13-9(12)6-7(15-11-8(6)10)5-3-2-4-14-5/h5H,2-4H2,1H3,(H2,10,11). The lowest BCUT2D eigenvalue weighted by molar-refractivity contribution is 0.0572. The number of aromatic nitrogens is 1. The van der Waals surface area contributed by atoms with Gasteiger partial charge in [0.1, 0.15) is 11.7 Å². The summed E-state index contributed by atoms with van der Waals surface area (Å²) in [5.41, 5.74) is 5.71. The normalized spacial score (nSPS) is 20.5. The predicted molar refractivity (Wildman–Crippen MR) is 50.2 cm³/mol. The van der Waals surface area contributed by atoms with Crippen molar-refractivity contribution in [2.75, 3.05) is 19.5 Å². The highest BCUT2D eigenvalue weighted by molar-refractivity contribution is 5.95. The van der Waals surface area contributed by atoms with E-state index in [0.29, 0.717) is 12.4 Å². The quantitative estimate of drug-likeness (QED) is 0.732. The topological polar surface area (TPSA) is 87.6 Å². The Morgan fingerprint density at radius 1 is 1.67 bits per heavy atom. The number of rotatable bonds is 2. The molecule has 1 fully saturated rings. The van der Waals surface area contributed by atoms with Gasteiger partial charge < -0.3 is 19.7 Å². The maximum absolute atomic E-state index is 11.4. The van der Waals surface area contributed by atoms with Crippen LogP contribution >= 0.6 is 0 Å². The van der Waals surface area contributed by atoms with Gasteiger partial charge >= 0.3 is 5.97 Å². The summed E-state index contributed by atoms with van der Waals surface area (Å²) in [4.78, 5) is 11.4. The minimum atomic E-state index is -0.542. The third kappa shape index (κ3) is 1.68. The summed E-state index contributed by atoms with van der Waals surface area (Å²) in [6.45, 7) is 0.659. The fraction of sp³-hybridized carbons (Fsp3) is 0.556. The molecule has 1 atom stereocenters. The lowest BCUT2D eigenvalue weighted by atomic mass is 10.1. The molecule has 2 rings (SSSR count). The number of methoxy groups -OCH3 is 1. The number of carbonyl (C=O) groups is 1. The Morgan fingerprint density at radius 3 is 3.07 bits per heavy atom. The van der Waals surface area contributed by atoms with Crippen LogP contribution in [0.4, 0.5) is 5.82 Å². The van der Waals surface area contributed by atoms with E-state index in [1.54, 1.807) is 0 Å². The van der Waals surface area contributed by atoms with E-state index in [2.05, 4.69) is 9.89 Å². The Labute approximate surface area is 86.3 Å². The van der Waals surface area contributed by atoms with Crippen molar-refractivity contribution < 1.29 is 18.8 Å². The molecule has 0 saturated carbocycles. The molecule has 0 aromatic carbocycles. The number of nitrogen functional groups attached to an aromatic ring is 1. The number of nitrogens with two attached hydrogens (primary N) is 1. The number of nitrogens with zero attached hydrogens (tertiary/aromatic N) is 1. The van der Waals surface area contributed by atoms with E-state index in [1.807, 2.05) is 0 Å². The molecule has 1 aromatic rings. The molecular formula is C9H12N2O4. The Kier molecular flexibility index (Phi) is 2.59. The number of hydrogen-bond acceptors (Lipinski definition) is 6. The summed E-state index contributed by atoms with van der Waals surface area (Å²) in [7, 11) is 1.29. The largest absolute Gasteiger partial charge is 0.465 e. The molecule has 2 N–H and O–H groups in total. The first-order chi connectivity index (χ1) is 7.24. The van der Waals surface area contributed by atoms with Crippen molar-refractivity contribution in [3.8, 4) is 0 Å². The minimum Gasteiger partial charge on any atom is -0.465 e. The van der Waals surface area contributed by atoms with Crippen LogP contribution in [0.15, 0.2) is 4.52 Å². The van der Waals surface area contributed by atoms with E-state index in [0.717, 1.165) is 12.8 Å². The zero-order valence-electron chi connectivity index (χ0n) is 8.36. The highest BCUT2D eigenvalue weighted by atomic mass is 16.5. The SMILES string of the molecule is COC(=O)c1c(N)noc1C1CCCO1. The van der Waals surface area contributed by atoms with Crippen molar-refractivity contribution >= 4 is 11.8 Å². The second-order valence-electron chi connectivity index (χ2n) is 3.30. The fourth-order valence-electron chi connectivity index (χ4n) is 1.63. The van der Waals surface area contributed by atoms with Crippen LogP contribution in [0.3, 0.4) is 0 Å². The smallest absolute Gasteiger partial charge is 0.345 e. The molecule has 1 unspecified atom stereocenters. The fourth-order valence-corrected chi connectivity index (χ4v) is 1.63. The lowest BCUT2D eigenvalue weighted by Gasteiger charge is -2.06. The van der Waals surface area contributed by atoms with Crippen molar-refractivity contribution in [1.29, 1.82) is 0 Å². The first-order valence-electron chi connectivity index (χ1n) is 4.69. The third-order valence-corrected chi connectivity index (χ3v) is 2.36. The molecule has 2 heterocycles. The summed E-state index contributed by atoms with van der Waals surface area (Å²) >= 11 is 0. The first-order valence-corrected chi connectivity index (χ1v) is 4.69. The van der Waals surface area contributed by atoms with Crippen molar-refractivity contribution in [1.82, 2.24) is 5.16 Å². The number of esters is 1. The zero-order valence-corrected chi connectivity index (χ0v) is 8.36. The highest BCUT2D eigenvalue weighted by Crippen LogP contribution is 2.33. The van der Waals surface area contributed by atoms with Gasteiger partial charge in [-0.15, -0.1) is 0 Å². The molecule has 0 spiro atoms. The van der Waals surface area contributed by atoms with Crippen LogP contribution < -0.4 is 5.73 Å². The second-order valence-corrected chi connectivity index (χ2v) is 3.30. The summed E-state index contributed by atoms with van der Waals surface area (Å²) in [6, 6.07) is 0. The van der Waals surface area contributed by atoms with Gasteiger partial charge in [-0.3, -0.25) is 0 Å². The Hall–Kier alpha value is -1.56. The maximum atomic E-state index is 11.4. The van der Waals surface area contributed by atoms with Gasteiger partial charge in [-0.25, -0.2) is 4.79 Å². The molecular weight excluding hydrogens is 200 g/mol. The Balaban J connectivity index is 2.34. The van der Waals surface area contributed by atoms with E-state index < -0.39 is 5.97 Å². The van der Waals surface area contributed by atoms with Crippen LogP contribution in [-0.2, 0) is 9.47 Å². The van der Waals surface area contributed by atoms with E-state index in [1.165, 1.54) is 7.11 Å². The van der Waals surface area contributed by atoms with Gasteiger partial charge in [0.2, 0.25) is 0 Å². The van der Waals surface area contributed by atoms with Crippen LogP contribution in [0.1, 0.15) is 35.1 Å². The Bertz CT molecular complexity index is 368. The summed E-state index contributed by atoms with van der Waals surface area (Å²) in [6.07, 6.45) is 1.51. The minimum absolute atomic E-state index is 0.0485. The van der Waals surface area contributed by atoms with Gasteiger partial charge in [-0.05, 0) is 12.8 Å². The van der Waals surface area contributed by atoms with Crippen molar-refractivity contribution in [2.45, 2.75) is 18.9 Å². The average molecular weight is 212 g/mol. The van der Waals surface area contributed by atoms with Crippen LogP contribution in [0.25, 0.3) is 0 Å².